The molecule has 0 unspecified atom stereocenters. The van der Waals surface area contributed by atoms with Gasteiger partial charge in [0, 0.05) is 5.39 Å². The first-order chi connectivity index (χ1) is 14.8. The van der Waals surface area contributed by atoms with E-state index in [-0.39, 0.29) is 13.2 Å². The quantitative estimate of drug-likeness (QED) is 0.515. The van der Waals surface area contributed by atoms with Gasteiger partial charge in [0.05, 0.1) is 25.6 Å². The summed E-state index contributed by atoms with van der Waals surface area (Å²) >= 11 is 0. The molecule has 8 heteroatoms. The van der Waals surface area contributed by atoms with Crippen molar-refractivity contribution in [1.29, 1.82) is 0 Å². The van der Waals surface area contributed by atoms with E-state index < -0.39 is 22.0 Å². The minimum atomic E-state index is -3.68. The number of ether oxygens (including phenoxy) is 2. The number of nitrogens with zero attached hydrogens (tertiary/aromatic N) is 1. The Labute approximate surface area is 182 Å². The molecule has 1 N–H and O–H groups in total. The Balaban J connectivity index is 1.62. The lowest BCUT2D eigenvalue weighted by Crippen LogP contribution is -2.48. The number of anilines is 1. The van der Waals surface area contributed by atoms with E-state index in [4.69, 9.17) is 9.47 Å². The molecule has 0 aliphatic carbocycles. The molecule has 1 amide bonds. The van der Waals surface area contributed by atoms with Gasteiger partial charge in [0.25, 0.3) is 0 Å². The number of amides is 1. The van der Waals surface area contributed by atoms with Gasteiger partial charge in [-0.1, -0.05) is 36.4 Å². The van der Waals surface area contributed by atoms with E-state index in [0.717, 1.165) is 27.1 Å². The summed E-state index contributed by atoms with van der Waals surface area (Å²) in [6.07, 6.45) is 1.07. The number of benzene rings is 3. The number of hydrogen-bond donors (Lipinski definition) is 1. The van der Waals surface area contributed by atoms with Crippen LogP contribution in [-0.4, -0.2) is 46.9 Å². The molecule has 1 atom stereocenters. The summed E-state index contributed by atoms with van der Waals surface area (Å²) in [7, 11) is -2.15. The van der Waals surface area contributed by atoms with Crippen LogP contribution in [0.2, 0.25) is 0 Å². The monoisotopic (exact) mass is 442 g/mol. The van der Waals surface area contributed by atoms with Gasteiger partial charge in [0.15, 0.2) is 0 Å². The van der Waals surface area contributed by atoms with Crippen LogP contribution in [-0.2, 0) is 14.8 Å². The molecule has 164 valence electrons. The predicted octanol–water partition coefficient (Wildman–Crippen LogP) is 3.20. The second kappa shape index (κ2) is 9.70. The van der Waals surface area contributed by atoms with Gasteiger partial charge in [-0.3, -0.25) is 9.10 Å². The summed E-state index contributed by atoms with van der Waals surface area (Å²) in [5.74, 6) is 0.916. The smallest absolute Gasteiger partial charge is 0.243 e. The van der Waals surface area contributed by atoms with E-state index in [1.165, 1.54) is 7.11 Å². The van der Waals surface area contributed by atoms with Crippen molar-refractivity contribution in [2.75, 3.05) is 30.8 Å². The van der Waals surface area contributed by atoms with Crippen molar-refractivity contribution in [3.63, 3.8) is 0 Å². The summed E-state index contributed by atoms with van der Waals surface area (Å²) in [5.41, 5.74) is 0.387. The fourth-order valence-electron chi connectivity index (χ4n) is 3.34. The lowest BCUT2D eigenvalue weighted by molar-refractivity contribution is -0.121. The van der Waals surface area contributed by atoms with Crippen LogP contribution in [0.15, 0.2) is 66.7 Å². The molecule has 0 spiro atoms. The van der Waals surface area contributed by atoms with E-state index in [1.807, 2.05) is 42.5 Å². The highest BCUT2D eigenvalue weighted by molar-refractivity contribution is 7.92. The van der Waals surface area contributed by atoms with Crippen molar-refractivity contribution in [1.82, 2.24) is 5.32 Å². The van der Waals surface area contributed by atoms with Crippen molar-refractivity contribution >= 4 is 32.4 Å². The second-order valence-corrected chi connectivity index (χ2v) is 8.91. The third-order valence-corrected chi connectivity index (χ3v) is 6.07. The van der Waals surface area contributed by atoms with Crippen molar-refractivity contribution in [3.05, 3.63) is 66.7 Å². The molecule has 3 rings (SSSR count). The number of sulfonamides is 1. The van der Waals surface area contributed by atoms with Crippen LogP contribution < -0.4 is 19.1 Å². The van der Waals surface area contributed by atoms with Crippen molar-refractivity contribution in [3.8, 4) is 11.5 Å². The third-order valence-electron chi connectivity index (χ3n) is 4.82. The molecule has 31 heavy (non-hydrogen) atoms. The van der Waals surface area contributed by atoms with Gasteiger partial charge < -0.3 is 14.8 Å². The number of nitrogens with one attached hydrogen (secondary N) is 1. The van der Waals surface area contributed by atoms with Crippen LogP contribution in [0, 0.1) is 0 Å². The average Bonchev–Trinajstić information content (AvgIpc) is 2.76. The van der Waals surface area contributed by atoms with Crippen LogP contribution in [0.1, 0.15) is 6.92 Å². The summed E-state index contributed by atoms with van der Waals surface area (Å²) in [6.45, 7) is 2.05. The highest BCUT2D eigenvalue weighted by Crippen LogP contribution is 2.25. The van der Waals surface area contributed by atoms with Gasteiger partial charge in [-0.2, -0.15) is 0 Å². The van der Waals surface area contributed by atoms with Gasteiger partial charge >= 0.3 is 0 Å². The molecule has 0 aliphatic rings. The zero-order valence-electron chi connectivity index (χ0n) is 17.7. The maximum atomic E-state index is 12.7. The van der Waals surface area contributed by atoms with Crippen LogP contribution >= 0.6 is 0 Å². The molecule has 3 aromatic carbocycles. The fraction of sp³-hybridized carbons (Fsp3) is 0.261. The molecule has 0 aliphatic heterocycles. The Kier molecular flexibility index (Phi) is 7.02. The molecular weight excluding hydrogens is 416 g/mol. The number of fused-ring (bicyclic) bond motifs is 1. The zero-order valence-corrected chi connectivity index (χ0v) is 18.6. The molecule has 0 aromatic heterocycles. The maximum Gasteiger partial charge on any atom is 0.243 e. The average molecular weight is 443 g/mol. The minimum Gasteiger partial charge on any atom is -0.497 e. The largest absolute Gasteiger partial charge is 0.497 e. The van der Waals surface area contributed by atoms with Gasteiger partial charge in [0.1, 0.15) is 24.1 Å². The summed E-state index contributed by atoms with van der Waals surface area (Å²) < 4.78 is 36.8. The topological polar surface area (TPSA) is 84.9 Å². The van der Waals surface area contributed by atoms with Gasteiger partial charge in [-0.25, -0.2) is 8.42 Å². The van der Waals surface area contributed by atoms with Crippen molar-refractivity contribution in [2.45, 2.75) is 13.0 Å². The fourth-order valence-corrected chi connectivity index (χ4v) is 4.52. The summed E-state index contributed by atoms with van der Waals surface area (Å²) in [6, 6.07) is 19.3. The molecule has 0 saturated heterocycles. The first-order valence-corrected chi connectivity index (χ1v) is 11.7. The molecule has 0 saturated carbocycles. The van der Waals surface area contributed by atoms with Gasteiger partial charge in [-0.15, -0.1) is 0 Å². The molecule has 0 fully saturated rings. The first kappa shape index (κ1) is 22.4. The Hall–Kier alpha value is -3.26. The summed E-state index contributed by atoms with van der Waals surface area (Å²) in [4.78, 5) is 12.7. The lowest BCUT2D eigenvalue weighted by atomic mass is 10.1. The van der Waals surface area contributed by atoms with E-state index >= 15 is 0 Å². The first-order valence-electron chi connectivity index (χ1n) is 9.83. The Morgan fingerprint density at radius 3 is 2.39 bits per heavy atom. The molecule has 3 aromatic rings. The highest BCUT2D eigenvalue weighted by Gasteiger charge is 2.28. The number of carbonyl (C=O) groups excluding carboxylic acids is 1. The standard InChI is InChI=1S/C23H26N2O5S/c1-17(25(31(3,27)28)19-11-13-20(29-2)14-12-19)23(26)24-15-16-30-22-10-6-8-18-7-4-5-9-21(18)22/h4-14,17H,15-16H2,1-3H3,(H,24,26)/t17-/m1/s1. The van der Waals surface area contributed by atoms with Crippen LogP contribution in [0.4, 0.5) is 5.69 Å². The normalized spacial score (nSPS) is 12.2. The van der Waals surface area contributed by atoms with E-state index in [9.17, 15) is 13.2 Å². The maximum absolute atomic E-state index is 12.7. The number of carbonyl (C=O) groups is 1. The van der Waals surface area contributed by atoms with Crippen LogP contribution in [0.25, 0.3) is 10.8 Å². The number of methoxy groups -OCH3 is 1. The van der Waals surface area contributed by atoms with Crippen LogP contribution in [0.5, 0.6) is 11.5 Å². The predicted molar refractivity (Wildman–Crippen MR) is 122 cm³/mol. The van der Waals surface area contributed by atoms with Gasteiger partial charge in [-0.05, 0) is 42.6 Å². The molecule has 7 nitrogen and oxygen atoms in total. The second-order valence-electron chi connectivity index (χ2n) is 7.05. The Morgan fingerprint density at radius 2 is 1.71 bits per heavy atom. The molecule has 0 bridgehead atoms. The van der Waals surface area contributed by atoms with E-state index in [2.05, 4.69) is 5.32 Å². The van der Waals surface area contributed by atoms with Crippen molar-refractivity contribution < 1.29 is 22.7 Å². The number of rotatable bonds is 9. The Morgan fingerprint density at radius 1 is 1.03 bits per heavy atom. The van der Waals surface area contributed by atoms with E-state index in [0.29, 0.717) is 11.4 Å². The minimum absolute atomic E-state index is 0.243. The number of hydrogen-bond acceptors (Lipinski definition) is 5. The molecule has 0 radical (unpaired) electrons. The summed E-state index contributed by atoms with van der Waals surface area (Å²) in [5, 5.41) is 4.81. The molecular formula is C23H26N2O5S. The SMILES string of the molecule is COc1ccc(N([C@H](C)C(=O)NCCOc2cccc3ccccc23)S(C)(=O)=O)cc1. The van der Waals surface area contributed by atoms with Crippen LogP contribution in [0.3, 0.4) is 0 Å². The van der Waals surface area contributed by atoms with Gasteiger partial charge in [0.2, 0.25) is 15.9 Å². The highest BCUT2D eigenvalue weighted by atomic mass is 32.2. The Bertz CT molecular complexity index is 1140. The zero-order chi connectivity index (χ0) is 22.4. The molecule has 0 heterocycles. The third kappa shape index (κ3) is 5.46. The van der Waals surface area contributed by atoms with E-state index in [1.54, 1.807) is 31.2 Å². The van der Waals surface area contributed by atoms with Crippen molar-refractivity contribution in [2.24, 2.45) is 0 Å². The lowest BCUT2D eigenvalue weighted by Gasteiger charge is -2.28.